The molecule has 1 N–H and O–H groups in total. The van der Waals surface area contributed by atoms with E-state index in [9.17, 15) is 0 Å². The van der Waals surface area contributed by atoms with Gasteiger partial charge in [-0.15, -0.1) is 0 Å². The lowest BCUT2D eigenvalue weighted by Gasteiger charge is -2.43. The van der Waals surface area contributed by atoms with Crippen LogP contribution in [-0.2, 0) is 6.42 Å². The molecule has 2 aliphatic heterocycles. The van der Waals surface area contributed by atoms with E-state index in [-0.39, 0.29) is 0 Å². The minimum atomic E-state index is 0.430. The van der Waals surface area contributed by atoms with Crippen LogP contribution in [0.15, 0.2) is 42.5 Å². The monoisotopic (exact) mass is 266 g/mol. The van der Waals surface area contributed by atoms with Gasteiger partial charge in [0.15, 0.2) is 0 Å². The molecule has 0 spiro atoms. The van der Waals surface area contributed by atoms with Crippen molar-refractivity contribution in [3.05, 3.63) is 53.6 Å². The van der Waals surface area contributed by atoms with Gasteiger partial charge >= 0.3 is 0 Å². The average molecular weight is 266 g/mol. The molecule has 0 aromatic heterocycles. The maximum Gasteiger partial charge on any atom is 0.144 e. The molecule has 20 heavy (non-hydrogen) atoms. The van der Waals surface area contributed by atoms with Gasteiger partial charge in [0.2, 0.25) is 0 Å². The van der Waals surface area contributed by atoms with Crippen molar-refractivity contribution in [3.63, 3.8) is 0 Å². The highest BCUT2D eigenvalue weighted by Gasteiger charge is 2.32. The lowest BCUT2D eigenvalue weighted by Crippen LogP contribution is -2.42. The predicted octanol–water partition coefficient (Wildman–Crippen LogP) is 3.22. The van der Waals surface area contributed by atoms with Gasteiger partial charge in [0.1, 0.15) is 11.4 Å². The number of para-hydroxylation sites is 1. The summed E-state index contributed by atoms with van der Waals surface area (Å²) in [6.45, 7) is 2.01. The lowest BCUT2D eigenvalue weighted by molar-refractivity contribution is 0.415. The van der Waals surface area contributed by atoms with Crippen molar-refractivity contribution in [1.29, 1.82) is 0 Å². The zero-order valence-electron chi connectivity index (χ0n) is 11.6. The third-order valence-corrected chi connectivity index (χ3v) is 4.42. The van der Waals surface area contributed by atoms with Crippen molar-refractivity contribution in [2.75, 3.05) is 30.4 Å². The first-order valence-electron chi connectivity index (χ1n) is 7.14. The summed E-state index contributed by atoms with van der Waals surface area (Å²) >= 11 is 0. The zero-order valence-corrected chi connectivity index (χ0v) is 11.6. The van der Waals surface area contributed by atoms with E-state index >= 15 is 0 Å². The molecule has 2 aliphatic rings. The van der Waals surface area contributed by atoms with Crippen LogP contribution in [0.4, 0.5) is 11.4 Å². The second kappa shape index (κ2) is 4.44. The number of hydrogen-bond acceptors (Lipinski definition) is 3. The quantitative estimate of drug-likeness (QED) is 0.857. The zero-order chi connectivity index (χ0) is 13.5. The molecule has 0 aliphatic carbocycles. The highest BCUT2D eigenvalue weighted by molar-refractivity contribution is 5.79. The molecule has 0 radical (unpaired) electrons. The Kier molecular flexibility index (Phi) is 2.59. The molecule has 0 bridgehead atoms. The van der Waals surface area contributed by atoms with Crippen molar-refractivity contribution >= 4 is 11.4 Å². The van der Waals surface area contributed by atoms with Gasteiger partial charge < -0.3 is 15.0 Å². The summed E-state index contributed by atoms with van der Waals surface area (Å²) in [5, 5.41) is 3.56. The normalized spacial score (nSPS) is 19.4. The fourth-order valence-electron chi connectivity index (χ4n) is 3.47. The maximum absolute atomic E-state index is 5.47. The molecule has 0 saturated carbocycles. The molecule has 102 valence electrons. The number of hydrogen-bond donors (Lipinski definition) is 1. The lowest BCUT2D eigenvalue weighted by atomic mass is 9.90. The van der Waals surface area contributed by atoms with Crippen LogP contribution in [-0.4, -0.2) is 20.2 Å². The van der Waals surface area contributed by atoms with E-state index in [1.807, 2.05) is 6.07 Å². The molecule has 1 atom stereocenters. The Morgan fingerprint density at radius 2 is 2.05 bits per heavy atom. The summed E-state index contributed by atoms with van der Waals surface area (Å²) in [5.74, 6) is 0.930. The number of ether oxygens (including phenoxy) is 1. The Morgan fingerprint density at radius 3 is 2.95 bits per heavy atom. The number of nitrogens with one attached hydrogen (secondary N) is 1. The van der Waals surface area contributed by atoms with Crippen LogP contribution in [0, 0.1) is 0 Å². The Hall–Kier alpha value is -2.16. The van der Waals surface area contributed by atoms with Crippen LogP contribution in [0.2, 0.25) is 0 Å². The van der Waals surface area contributed by atoms with Gasteiger partial charge in [-0.1, -0.05) is 30.3 Å². The van der Waals surface area contributed by atoms with Gasteiger partial charge in [0.05, 0.1) is 18.8 Å². The van der Waals surface area contributed by atoms with Crippen molar-refractivity contribution in [2.45, 2.75) is 12.5 Å². The van der Waals surface area contributed by atoms with Crippen LogP contribution in [0.1, 0.15) is 17.2 Å². The fraction of sp³-hybridized carbons (Fsp3) is 0.294. The van der Waals surface area contributed by atoms with Gasteiger partial charge in [0.25, 0.3) is 0 Å². The number of anilines is 2. The standard InChI is InChI=1S/C17H18N2O/c1-20-16-8-4-7-14-17(16)18-11-15-13-6-3-2-5-12(13)9-10-19(14)15/h2-8,15,18H,9-11H2,1H3. The van der Waals surface area contributed by atoms with Gasteiger partial charge in [-0.2, -0.15) is 0 Å². The first-order chi connectivity index (χ1) is 9.88. The van der Waals surface area contributed by atoms with Crippen LogP contribution >= 0.6 is 0 Å². The van der Waals surface area contributed by atoms with Crippen molar-refractivity contribution in [2.24, 2.45) is 0 Å². The summed E-state index contributed by atoms with van der Waals surface area (Å²) in [7, 11) is 1.73. The smallest absolute Gasteiger partial charge is 0.144 e. The van der Waals surface area contributed by atoms with Gasteiger partial charge in [-0.3, -0.25) is 0 Å². The maximum atomic E-state index is 5.47. The molecular formula is C17H18N2O. The molecule has 1 unspecified atom stereocenters. The third-order valence-electron chi connectivity index (χ3n) is 4.42. The fourth-order valence-corrected chi connectivity index (χ4v) is 3.47. The van der Waals surface area contributed by atoms with Gasteiger partial charge in [-0.25, -0.2) is 0 Å². The average Bonchev–Trinajstić information content (AvgIpc) is 2.53. The largest absolute Gasteiger partial charge is 0.495 e. The number of fused-ring (bicyclic) bond motifs is 5. The predicted molar refractivity (Wildman–Crippen MR) is 81.7 cm³/mol. The summed E-state index contributed by atoms with van der Waals surface area (Å²) in [6, 6.07) is 15.5. The van der Waals surface area contributed by atoms with Crippen molar-refractivity contribution in [1.82, 2.24) is 0 Å². The topological polar surface area (TPSA) is 24.5 Å². The van der Waals surface area contributed by atoms with Crippen LogP contribution in [0.25, 0.3) is 0 Å². The van der Waals surface area contributed by atoms with Crippen LogP contribution in [0.3, 0.4) is 0 Å². The minimum absolute atomic E-state index is 0.430. The molecule has 0 amide bonds. The van der Waals surface area contributed by atoms with E-state index in [1.165, 1.54) is 16.8 Å². The molecule has 2 aromatic rings. The van der Waals surface area contributed by atoms with E-state index in [0.717, 1.165) is 30.9 Å². The Balaban J connectivity index is 1.81. The highest BCUT2D eigenvalue weighted by atomic mass is 16.5. The van der Waals surface area contributed by atoms with E-state index in [4.69, 9.17) is 4.74 Å². The number of methoxy groups -OCH3 is 1. The minimum Gasteiger partial charge on any atom is -0.495 e. The Morgan fingerprint density at radius 1 is 1.15 bits per heavy atom. The van der Waals surface area contributed by atoms with E-state index < -0.39 is 0 Å². The Labute approximate surface area is 119 Å². The van der Waals surface area contributed by atoms with Crippen molar-refractivity contribution < 1.29 is 4.74 Å². The second-order valence-electron chi connectivity index (χ2n) is 5.39. The summed E-state index contributed by atoms with van der Waals surface area (Å²) in [4.78, 5) is 2.51. The molecular weight excluding hydrogens is 248 g/mol. The second-order valence-corrected chi connectivity index (χ2v) is 5.39. The Bertz CT molecular complexity index is 653. The molecule has 3 heteroatoms. The molecule has 4 rings (SSSR count). The molecule has 2 heterocycles. The first-order valence-corrected chi connectivity index (χ1v) is 7.14. The molecule has 2 aromatic carbocycles. The molecule has 3 nitrogen and oxygen atoms in total. The van der Waals surface area contributed by atoms with E-state index in [2.05, 4.69) is 46.6 Å². The SMILES string of the molecule is COc1cccc2c1NCC1c3ccccc3CCN21. The third kappa shape index (κ3) is 1.59. The first kappa shape index (κ1) is 11.6. The summed E-state index contributed by atoms with van der Waals surface area (Å²) < 4.78 is 5.47. The number of rotatable bonds is 1. The number of benzene rings is 2. The van der Waals surface area contributed by atoms with E-state index in [0.29, 0.717) is 6.04 Å². The summed E-state index contributed by atoms with van der Waals surface area (Å²) in [6.07, 6.45) is 1.11. The van der Waals surface area contributed by atoms with Gasteiger partial charge in [-0.05, 0) is 29.7 Å². The van der Waals surface area contributed by atoms with Crippen molar-refractivity contribution in [3.8, 4) is 5.75 Å². The van der Waals surface area contributed by atoms with E-state index in [1.54, 1.807) is 7.11 Å². The van der Waals surface area contributed by atoms with Gasteiger partial charge in [0, 0.05) is 13.1 Å². The molecule has 0 saturated heterocycles. The molecule has 0 fully saturated rings. The van der Waals surface area contributed by atoms with Crippen LogP contribution < -0.4 is 15.0 Å². The number of nitrogens with zero attached hydrogens (tertiary/aromatic N) is 1. The highest BCUT2D eigenvalue weighted by Crippen LogP contribution is 2.44. The summed E-state index contributed by atoms with van der Waals surface area (Å²) in [5.41, 5.74) is 5.34. The van der Waals surface area contributed by atoms with Crippen LogP contribution in [0.5, 0.6) is 5.75 Å².